The molecule has 0 spiro atoms. The second-order valence-corrected chi connectivity index (χ2v) is 3.86. The molecule has 0 unspecified atom stereocenters. The summed E-state index contributed by atoms with van der Waals surface area (Å²) in [5, 5.41) is 8.52. The number of hydrogen-bond donors (Lipinski definition) is 1. The second kappa shape index (κ2) is 7.71. The van der Waals surface area contributed by atoms with Crippen molar-refractivity contribution in [2.75, 3.05) is 6.61 Å². The molecule has 0 aromatic heterocycles. The zero-order valence-corrected chi connectivity index (χ0v) is 11.3. The minimum Gasteiger partial charge on any atom is -0.482 e. The van der Waals surface area contributed by atoms with Crippen LogP contribution >= 0.6 is 0 Å². The number of benzene rings is 1. The molecular formula is C14H22O3. The van der Waals surface area contributed by atoms with Crippen LogP contribution in [0.5, 0.6) is 5.75 Å². The van der Waals surface area contributed by atoms with E-state index in [0.29, 0.717) is 11.7 Å². The van der Waals surface area contributed by atoms with Gasteiger partial charge in [0.15, 0.2) is 6.61 Å². The van der Waals surface area contributed by atoms with Crippen molar-refractivity contribution in [3.8, 4) is 5.75 Å². The molecule has 1 aromatic rings. The molecular weight excluding hydrogens is 216 g/mol. The molecule has 0 aliphatic rings. The van der Waals surface area contributed by atoms with E-state index in [1.54, 1.807) is 0 Å². The van der Waals surface area contributed by atoms with E-state index in [-0.39, 0.29) is 6.61 Å². The van der Waals surface area contributed by atoms with Crippen molar-refractivity contribution in [1.29, 1.82) is 0 Å². The van der Waals surface area contributed by atoms with Gasteiger partial charge in [0.05, 0.1) is 0 Å². The van der Waals surface area contributed by atoms with Crippen LogP contribution in [0, 0.1) is 6.92 Å². The average molecular weight is 238 g/mol. The van der Waals surface area contributed by atoms with Gasteiger partial charge in [-0.1, -0.05) is 39.8 Å². The minimum absolute atomic E-state index is 0.289. The first-order valence-corrected chi connectivity index (χ1v) is 5.96. The maximum atomic E-state index is 10.4. The molecule has 3 heteroatoms. The lowest BCUT2D eigenvalue weighted by molar-refractivity contribution is -0.139. The first-order valence-electron chi connectivity index (χ1n) is 5.96. The van der Waals surface area contributed by atoms with Crippen molar-refractivity contribution in [2.45, 2.75) is 40.5 Å². The summed E-state index contributed by atoms with van der Waals surface area (Å²) >= 11 is 0. The van der Waals surface area contributed by atoms with Gasteiger partial charge in [-0.3, -0.25) is 0 Å². The third-order valence-electron chi connectivity index (χ3n) is 2.23. The number of carboxylic acid groups (broad SMARTS) is 1. The summed E-state index contributed by atoms with van der Waals surface area (Å²) in [7, 11) is 0. The number of carbonyl (C=O) groups is 1. The Morgan fingerprint density at radius 1 is 1.35 bits per heavy atom. The van der Waals surface area contributed by atoms with E-state index in [4.69, 9.17) is 9.84 Å². The number of carboxylic acids is 1. The van der Waals surface area contributed by atoms with E-state index in [1.807, 2.05) is 39.0 Å². The maximum Gasteiger partial charge on any atom is 0.341 e. The average Bonchev–Trinajstić information content (AvgIpc) is 2.30. The van der Waals surface area contributed by atoms with Gasteiger partial charge in [-0.15, -0.1) is 0 Å². The monoisotopic (exact) mass is 238 g/mol. The predicted octanol–water partition coefficient (Wildman–Crippen LogP) is 3.61. The fraction of sp³-hybridized carbons (Fsp3) is 0.500. The Bertz CT molecular complexity index is 356. The fourth-order valence-electron chi connectivity index (χ4n) is 1.27. The Balaban J connectivity index is 0.00000121. The molecule has 17 heavy (non-hydrogen) atoms. The Kier molecular flexibility index (Phi) is 7.03. The molecule has 1 aromatic carbocycles. The molecule has 1 N–H and O–H groups in total. The number of aryl methyl sites for hydroxylation is 1. The quantitative estimate of drug-likeness (QED) is 0.871. The van der Waals surface area contributed by atoms with E-state index < -0.39 is 5.97 Å². The Labute approximate surface area is 103 Å². The van der Waals surface area contributed by atoms with Gasteiger partial charge in [0, 0.05) is 0 Å². The predicted molar refractivity (Wildman–Crippen MR) is 69.7 cm³/mol. The lowest BCUT2D eigenvalue weighted by atomic mass is 10.0. The Morgan fingerprint density at radius 3 is 2.41 bits per heavy atom. The SMILES string of the molecule is CC.Cc1ccc(C(C)C)cc1OCC(=O)O. The zero-order chi connectivity index (χ0) is 13.4. The molecule has 1 rings (SSSR count). The van der Waals surface area contributed by atoms with E-state index >= 15 is 0 Å². The van der Waals surface area contributed by atoms with Gasteiger partial charge >= 0.3 is 5.97 Å². The highest BCUT2D eigenvalue weighted by molar-refractivity contribution is 5.68. The van der Waals surface area contributed by atoms with E-state index in [0.717, 1.165) is 11.1 Å². The molecule has 0 saturated carbocycles. The van der Waals surface area contributed by atoms with Gasteiger partial charge in [-0.25, -0.2) is 4.79 Å². The lowest BCUT2D eigenvalue weighted by Gasteiger charge is -2.11. The van der Waals surface area contributed by atoms with Crippen LogP contribution in [0.3, 0.4) is 0 Å². The first kappa shape index (κ1) is 15.5. The fourth-order valence-corrected chi connectivity index (χ4v) is 1.27. The van der Waals surface area contributed by atoms with Gasteiger partial charge in [-0.2, -0.15) is 0 Å². The van der Waals surface area contributed by atoms with Crippen LogP contribution in [-0.2, 0) is 4.79 Å². The summed E-state index contributed by atoms with van der Waals surface area (Å²) in [6.45, 7) is 9.79. The highest BCUT2D eigenvalue weighted by Crippen LogP contribution is 2.24. The molecule has 3 nitrogen and oxygen atoms in total. The summed E-state index contributed by atoms with van der Waals surface area (Å²) in [6.07, 6.45) is 0. The molecule has 0 atom stereocenters. The second-order valence-electron chi connectivity index (χ2n) is 3.86. The normalized spacial score (nSPS) is 9.53. The number of ether oxygens (including phenoxy) is 1. The highest BCUT2D eigenvalue weighted by atomic mass is 16.5. The van der Waals surface area contributed by atoms with E-state index in [1.165, 1.54) is 0 Å². The van der Waals surface area contributed by atoms with Crippen LogP contribution in [-0.4, -0.2) is 17.7 Å². The Hall–Kier alpha value is -1.51. The lowest BCUT2D eigenvalue weighted by Crippen LogP contribution is -2.10. The molecule has 0 amide bonds. The van der Waals surface area contributed by atoms with Crippen molar-refractivity contribution in [1.82, 2.24) is 0 Å². The molecule has 0 radical (unpaired) electrons. The van der Waals surface area contributed by atoms with Crippen LogP contribution in [0.4, 0.5) is 0 Å². The topological polar surface area (TPSA) is 46.5 Å². The molecule has 0 saturated heterocycles. The van der Waals surface area contributed by atoms with Crippen LogP contribution in [0.1, 0.15) is 44.7 Å². The van der Waals surface area contributed by atoms with E-state index in [9.17, 15) is 4.79 Å². The van der Waals surface area contributed by atoms with Crippen LogP contribution < -0.4 is 4.74 Å². The minimum atomic E-state index is -0.954. The smallest absolute Gasteiger partial charge is 0.341 e. The van der Waals surface area contributed by atoms with Crippen molar-refractivity contribution >= 4 is 5.97 Å². The molecule has 0 fully saturated rings. The van der Waals surface area contributed by atoms with Crippen LogP contribution in [0.2, 0.25) is 0 Å². The van der Waals surface area contributed by atoms with Gasteiger partial charge in [0.1, 0.15) is 5.75 Å². The van der Waals surface area contributed by atoms with Gasteiger partial charge < -0.3 is 9.84 Å². The molecule has 0 aliphatic carbocycles. The van der Waals surface area contributed by atoms with Crippen molar-refractivity contribution < 1.29 is 14.6 Å². The Morgan fingerprint density at radius 2 is 1.94 bits per heavy atom. The van der Waals surface area contributed by atoms with Gasteiger partial charge in [-0.05, 0) is 30.0 Å². The maximum absolute atomic E-state index is 10.4. The first-order chi connectivity index (χ1) is 8.00. The van der Waals surface area contributed by atoms with Gasteiger partial charge in [0.2, 0.25) is 0 Å². The van der Waals surface area contributed by atoms with Crippen molar-refractivity contribution in [3.05, 3.63) is 29.3 Å². The van der Waals surface area contributed by atoms with Crippen molar-refractivity contribution in [3.63, 3.8) is 0 Å². The summed E-state index contributed by atoms with van der Waals surface area (Å²) in [5.41, 5.74) is 2.11. The zero-order valence-electron chi connectivity index (χ0n) is 11.3. The summed E-state index contributed by atoms with van der Waals surface area (Å²) in [4.78, 5) is 10.4. The summed E-state index contributed by atoms with van der Waals surface area (Å²) in [5.74, 6) is 0.116. The van der Waals surface area contributed by atoms with Crippen LogP contribution in [0.25, 0.3) is 0 Å². The third kappa shape index (κ3) is 5.38. The molecule has 0 heterocycles. The number of rotatable bonds is 4. The summed E-state index contributed by atoms with van der Waals surface area (Å²) < 4.78 is 5.19. The van der Waals surface area contributed by atoms with Gasteiger partial charge in [0.25, 0.3) is 0 Å². The third-order valence-corrected chi connectivity index (χ3v) is 2.23. The highest BCUT2D eigenvalue weighted by Gasteiger charge is 2.06. The summed E-state index contributed by atoms with van der Waals surface area (Å²) in [6, 6.07) is 5.89. The molecule has 96 valence electrons. The van der Waals surface area contributed by atoms with Crippen molar-refractivity contribution in [2.24, 2.45) is 0 Å². The largest absolute Gasteiger partial charge is 0.482 e. The number of aliphatic carboxylic acids is 1. The molecule has 0 bridgehead atoms. The molecule has 0 aliphatic heterocycles. The number of hydrogen-bond acceptors (Lipinski definition) is 2. The standard InChI is InChI=1S/C12H16O3.C2H6/c1-8(2)10-5-4-9(3)11(6-10)15-7-12(13)14;1-2/h4-6,8H,7H2,1-3H3,(H,13,14);1-2H3. The van der Waals surface area contributed by atoms with Crippen LogP contribution in [0.15, 0.2) is 18.2 Å². The van der Waals surface area contributed by atoms with E-state index in [2.05, 4.69) is 13.8 Å².